The molecule has 0 aliphatic rings. The van der Waals surface area contributed by atoms with Gasteiger partial charge in [-0.05, 0) is 18.2 Å². The first-order chi connectivity index (χ1) is 8.56. The maximum Gasteiger partial charge on any atom is 0.341 e. The Morgan fingerprint density at radius 1 is 1.56 bits per heavy atom. The van der Waals surface area contributed by atoms with Crippen LogP contribution < -0.4 is 5.73 Å². The molecule has 18 heavy (non-hydrogen) atoms. The number of ether oxygens (including phenoxy) is 1. The highest BCUT2D eigenvalue weighted by molar-refractivity contribution is 5.90. The quantitative estimate of drug-likeness (QED) is 0.661. The van der Waals surface area contributed by atoms with Crippen LogP contribution in [0.1, 0.15) is 15.9 Å². The standard InChI is InChI=1S/C12H12FN3O2/c1-16-6-8(5-15-16)7-18-12(17)10-4-9(14)2-3-11(10)13/h2-6H,7,14H2,1H3. The second-order valence-electron chi connectivity index (χ2n) is 3.84. The molecular formula is C12H12FN3O2. The highest BCUT2D eigenvalue weighted by atomic mass is 19.1. The number of nitrogens with zero attached hydrogens (tertiary/aromatic N) is 2. The van der Waals surface area contributed by atoms with Crippen LogP contribution >= 0.6 is 0 Å². The fourth-order valence-corrected chi connectivity index (χ4v) is 1.47. The number of nitrogen functional groups attached to an aromatic ring is 1. The van der Waals surface area contributed by atoms with Gasteiger partial charge in [0.2, 0.25) is 0 Å². The summed E-state index contributed by atoms with van der Waals surface area (Å²) in [5.41, 5.74) is 6.36. The number of benzene rings is 1. The van der Waals surface area contributed by atoms with Crippen molar-refractivity contribution in [2.75, 3.05) is 5.73 Å². The number of esters is 1. The van der Waals surface area contributed by atoms with Gasteiger partial charge in [-0.15, -0.1) is 0 Å². The van der Waals surface area contributed by atoms with E-state index in [1.54, 1.807) is 24.1 Å². The largest absolute Gasteiger partial charge is 0.457 e. The van der Waals surface area contributed by atoms with Gasteiger partial charge in [-0.1, -0.05) is 0 Å². The zero-order valence-electron chi connectivity index (χ0n) is 9.76. The molecule has 6 heteroatoms. The number of aromatic nitrogens is 2. The molecule has 0 atom stereocenters. The number of carbonyl (C=O) groups excluding carboxylic acids is 1. The van der Waals surface area contributed by atoms with Crippen molar-refractivity contribution >= 4 is 11.7 Å². The van der Waals surface area contributed by atoms with Gasteiger partial charge in [-0.2, -0.15) is 5.10 Å². The van der Waals surface area contributed by atoms with Crippen LogP contribution in [0.2, 0.25) is 0 Å². The minimum Gasteiger partial charge on any atom is -0.457 e. The van der Waals surface area contributed by atoms with Crippen molar-refractivity contribution in [2.24, 2.45) is 7.05 Å². The molecule has 0 unspecified atom stereocenters. The molecule has 2 rings (SSSR count). The molecule has 0 saturated carbocycles. The summed E-state index contributed by atoms with van der Waals surface area (Å²) in [6, 6.07) is 3.77. The average Bonchev–Trinajstić information content (AvgIpc) is 2.75. The van der Waals surface area contributed by atoms with E-state index in [-0.39, 0.29) is 12.2 Å². The van der Waals surface area contributed by atoms with Crippen molar-refractivity contribution in [3.63, 3.8) is 0 Å². The molecule has 1 aromatic carbocycles. The normalized spacial score (nSPS) is 10.3. The van der Waals surface area contributed by atoms with E-state index in [4.69, 9.17) is 10.5 Å². The van der Waals surface area contributed by atoms with Gasteiger partial charge in [0.05, 0.1) is 11.8 Å². The number of carbonyl (C=O) groups is 1. The van der Waals surface area contributed by atoms with Crippen molar-refractivity contribution in [2.45, 2.75) is 6.61 Å². The van der Waals surface area contributed by atoms with E-state index in [9.17, 15) is 9.18 Å². The Morgan fingerprint density at radius 2 is 2.33 bits per heavy atom. The predicted molar refractivity (Wildman–Crippen MR) is 63.1 cm³/mol. The number of hydrogen-bond donors (Lipinski definition) is 1. The smallest absolute Gasteiger partial charge is 0.341 e. The van der Waals surface area contributed by atoms with Gasteiger partial charge >= 0.3 is 5.97 Å². The van der Waals surface area contributed by atoms with Gasteiger partial charge < -0.3 is 10.5 Å². The van der Waals surface area contributed by atoms with E-state index in [1.165, 1.54) is 12.1 Å². The second-order valence-corrected chi connectivity index (χ2v) is 3.84. The lowest BCUT2D eigenvalue weighted by molar-refractivity contribution is 0.0467. The fraction of sp³-hybridized carbons (Fsp3) is 0.167. The van der Waals surface area contributed by atoms with Crippen LogP contribution in [0.3, 0.4) is 0 Å². The molecule has 0 spiro atoms. The third-order valence-corrected chi connectivity index (χ3v) is 2.34. The summed E-state index contributed by atoms with van der Waals surface area (Å²) in [4.78, 5) is 11.7. The fourth-order valence-electron chi connectivity index (χ4n) is 1.47. The molecule has 0 fully saturated rings. The first kappa shape index (κ1) is 12.1. The Labute approximate surface area is 103 Å². The summed E-state index contributed by atoms with van der Waals surface area (Å²) in [6.07, 6.45) is 3.28. The van der Waals surface area contributed by atoms with E-state index in [0.29, 0.717) is 5.69 Å². The summed E-state index contributed by atoms with van der Waals surface area (Å²) in [7, 11) is 1.75. The highest BCUT2D eigenvalue weighted by Crippen LogP contribution is 2.14. The number of aryl methyl sites for hydroxylation is 1. The monoisotopic (exact) mass is 249 g/mol. The van der Waals surface area contributed by atoms with E-state index in [1.807, 2.05) is 0 Å². The SMILES string of the molecule is Cn1cc(COC(=O)c2cc(N)ccc2F)cn1. The third-order valence-electron chi connectivity index (χ3n) is 2.34. The molecule has 0 bridgehead atoms. The van der Waals surface area contributed by atoms with Crippen LogP contribution in [0.15, 0.2) is 30.6 Å². The topological polar surface area (TPSA) is 70.1 Å². The molecule has 0 aliphatic heterocycles. The maximum atomic E-state index is 13.4. The summed E-state index contributed by atoms with van der Waals surface area (Å²) in [5.74, 6) is -1.40. The predicted octanol–water partition coefficient (Wildman–Crippen LogP) is 1.50. The van der Waals surface area contributed by atoms with Crippen LogP contribution in [0.25, 0.3) is 0 Å². The molecular weight excluding hydrogens is 237 g/mol. The highest BCUT2D eigenvalue weighted by Gasteiger charge is 2.13. The molecule has 0 saturated heterocycles. The summed E-state index contributed by atoms with van der Waals surface area (Å²) >= 11 is 0. The van der Waals surface area contributed by atoms with Gasteiger partial charge in [0.15, 0.2) is 0 Å². The van der Waals surface area contributed by atoms with E-state index in [0.717, 1.165) is 11.6 Å². The van der Waals surface area contributed by atoms with Crippen LogP contribution in [-0.2, 0) is 18.4 Å². The van der Waals surface area contributed by atoms with E-state index in [2.05, 4.69) is 5.10 Å². The number of hydrogen-bond acceptors (Lipinski definition) is 4. The van der Waals surface area contributed by atoms with E-state index < -0.39 is 11.8 Å². The molecule has 0 aliphatic carbocycles. The Kier molecular flexibility index (Phi) is 3.27. The Bertz CT molecular complexity index is 580. The molecule has 1 heterocycles. The van der Waals surface area contributed by atoms with Gasteiger partial charge in [0, 0.05) is 24.5 Å². The van der Waals surface area contributed by atoms with Gasteiger partial charge in [-0.3, -0.25) is 4.68 Å². The summed E-state index contributed by atoms with van der Waals surface area (Å²) in [6.45, 7) is 0.0426. The van der Waals surface area contributed by atoms with Crippen molar-refractivity contribution in [1.29, 1.82) is 0 Å². The number of nitrogens with two attached hydrogens (primary N) is 1. The van der Waals surface area contributed by atoms with Crippen molar-refractivity contribution < 1.29 is 13.9 Å². The van der Waals surface area contributed by atoms with Gasteiger partial charge in [0.25, 0.3) is 0 Å². The lowest BCUT2D eigenvalue weighted by Gasteiger charge is -2.05. The van der Waals surface area contributed by atoms with Crippen molar-refractivity contribution in [3.05, 3.63) is 47.5 Å². The van der Waals surface area contributed by atoms with Crippen molar-refractivity contribution in [1.82, 2.24) is 9.78 Å². The molecule has 94 valence electrons. The minimum absolute atomic E-state index is 0.0426. The molecule has 5 nitrogen and oxygen atoms in total. The average molecular weight is 249 g/mol. The van der Waals surface area contributed by atoms with Crippen LogP contribution in [0.5, 0.6) is 0 Å². The molecule has 2 aromatic rings. The summed E-state index contributed by atoms with van der Waals surface area (Å²) < 4.78 is 19.9. The van der Waals surface area contributed by atoms with E-state index >= 15 is 0 Å². The lowest BCUT2D eigenvalue weighted by Crippen LogP contribution is -2.08. The first-order valence-corrected chi connectivity index (χ1v) is 5.26. The summed E-state index contributed by atoms with van der Waals surface area (Å²) in [5, 5.41) is 3.93. The zero-order valence-corrected chi connectivity index (χ0v) is 9.76. The molecule has 1 aromatic heterocycles. The molecule has 0 amide bonds. The zero-order chi connectivity index (χ0) is 13.1. The Balaban J connectivity index is 2.05. The number of rotatable bonds is 3. The van der Waals surface area contributed by atoms with Crippen LogP contribution in [0, 0.1) is 5.82 Å². The van der Waals surface area contributed by atoms with Crippen LogP contribution in [0.4, 0.5) is 10.1 Å². The van der Waals surface area contributed by atoms with Gasteiger partial charge in [-0.25, -0.2) is 9.18 Å². The molecule has 2 N–H and O–H groups in total. The molecule has 0 radical (unpaired) electrons. The number of halogens is 1. The van der Waals surface area contributed by atoms with Crippen molar-refractivity contribution in [3.8, 4) is 0 Å². The second kappa shape index (κ2) is 4.87. The Hall–Kier alpha value is -2.37. The maximum absolute atomic E-state index is 13.4. The van der Waals surface area contributed by atoms with Crippen LogP contribution in [-0.4, -0.2) is 15.7 Å². The first-order valence-electron chi connectivity index (χ1n) is 5.26. The minimum atomic E-state index is -0.747. The number of anilines is 1. The van der Waals surface area contributed by atoms with Gasteiger partial charge in [0.1, 0.15) is 12.4 Å². The lowest BCUT2D eigenvalue weighted by atomic mass is 10.2. The Morgan fingerprint density at radius 3 is 3.00 bits per heavy atom. The third kappa shape index (κ3) is 2.65.